The third-order valence-electron chi connectivity index (χ3n) is 6.91. The Morgan fingerprint density at radius 3 is 2.45 bits per heavy atom. The number of carbonyl (C=O) groups is 3. The average molecular weight is 530 g/mol. The summed E-state index contributed by atoms with van der Waals surface area (Å²) in [7, 11) is 0. The molecule has 0 atom stereocenters. The molecule has 3 amide bonds. The molecule has 1 aliphatic heterocycles. The number of amides is 3. The molecule has 8 heteroatoms. The lowest BCUT2D eigenvalue weighted by Crippen LogP contribution is -2.31. The van der Waals surface area contributed by atoms with Gasteiger partial charge in [-0.1, -0.05) is 56.7 Å². The highest BCUT2D eigenvalue weighted by atomic mass is 32.2. The molecule has 196 valence electrons. The molecule has 0 saturated heterocycles. The number of benzene rings is 2. The van der Waals surface area contributed by atoms with Gasteiger partial charge in [0, 0.05) is 22.2 Å². The summed E-state index contributed by atoms with van der Waals surface area (Å²) < 4.78 is 5.40. The predicted molar refractivity (Wildman–Crippen MR) is 148 cm³/mol. The summed E-state index contributed by atoms with van der Waals surface area (Å²) in [4.78, 5) is 41.8. The van der Waals surface area contributed by atoms with Crippen LogP contribution in [-0.4, -0.2) is 22.6 Å². The van der Waals surface area contributed by atoms with E-state index in [-0.39, 0.29) is 24.1 Å². The Labute approximate surface area is 226 Å². The Hall–Kier alpha value is -3.78. The topological polar surface area (TPSA) is 91.7 Å². The van der Waals surface area contributed by atoms with Gasteiger partial charge in [0.1, 0.15) is 16.4 Å². The first-order chi connectivity index (χ1) is 18.4. The van der Waals surface area contributed by atoms with Gasteiger partial charge in [0.05, 0.1) is 12.8 Å². The van der Waals surface area contributed by atoms with E-state index in [0.717, 1.165) is 36.3 Å². The largest absolute Gasteiger partial charge is 0.467 e. The van der Waals surface area contributed by atoms with Crippen molar-refractivity contribution >= 4 is 40.9 Å². The Balaban J connectivity index is 1.40. The summed E-state index contributed by atoms with van der Waals surface area (Å²) in [6.07, 6.45) is 5.53. The highest BCUT2D eigenvalue weighted by Gasteiger charge is 2.39. The Morgan fingerprint density at radius 2 is 1.76 bits per heavy atom. The van der Waals surface area contributed by atoms with E-state index >= 15 is 0 Å². The number of rotatable bonds is 9. The second-order valence-corrected chi connectivity index (χ2v) is 11.1. The van der Waals surface area contributed by atoms with Gasteiger partial charge in [-0.3, -0.25) is 19.3 Å². The Bertz CT molecular complexity index is 1360. The molecule has 1 fully saturated rings. The fourth-order valence-corrected chi connectivity index (χ4v) is 5.75. The van der Waals surface area contributed by atoms with Crippen molar-refractivity contribution in [1.29, 1.82) is 0 Å². The van der Waals surface area contributed by atoms with Crippen LogP contribution in [0, 0.1) is 5.92 Å². The Kier molecular flexibility index (Phi) is 7.69. The Morgan fingerprint density at radius 1 is 1.00 bits per heavy atom. The van der Waals surface area contributed by atoms with E-state index in [1.54, 1.807) is 12.1 Å². The van der Waals surface area contributed by atoms with Gasteiger partial charge in [-0.05, 0) is 66.8 Å². The van der Waals surface area contributed by atoms with Gasteiger partial charge < -0.3 is 15.1 Å². The molecule has 2 aliphatic rings. The molecule has 7 nitrogen and oxygen atoms in total. The fourth-order valence-electron chi connectivity index (χ4n) is 4.74. The maximum absolute atomic E-state index is 13.5. The minimum absolute atomic E-state index is 0.0350. The van der Waals surface area contributed by atoms with Gasteiger partial charge >= 0.3 is 0 Å². The van der Waals surface area contributed by atoms with Crippen molar-refractivity contribution in [2.24, 2.45) is 5.92 Å². The average Bonchev–Trinajstić information content (AvgIpc) is 3.67. The SMILES string of the molecule is CC(C)c1ccc(NC2=C(Sc3cccc(NC(=O)C4CCCC4)c3)C(=O)N(Cc3ccco3)C2=O)cc1. The third kappa shape index (κ3) is 5.70. The van der Waals surface area contributed by atoms with E-state index in [4.69, 9.17) is 4.42 Å². The lowest BCUT2D eigenvalue weighted by Gasteiger charge is -2.14. The second-order valence-electron chi connectivity index (χ2n) is 9.98. The second kappa shape index (κ2) is 11.3. The standard InChI is InChI=1S/C30H31N3O4S/c1-19(2)20-12-14-22(15-13-20)31-26-27(30(36)33(29(26)35)18-24-10-6-16-37-24)38-25-11-5-9-23(17-25)32-28(34)21-7-3-4-8-21/h5-6,9-17,19,21,31H,3-4,7-8,18H2,1-2H3,(H,32,34). The van der Waals surface area contributed by atoms with Gasteiger partial charge in [0.15, 0.2) is 0 Å². The van der Waals surface area contributed by atoms with Crippen LogP contribution in [0.25, 0.3) is 0 Å². The first-order valence-corrected chi connectivity index (χ1v) is 13.8. The highest BCUT2D eigenvalue weighted by molar-refractivity contribution is 8.04. The number of anilines is 2. The summed E-state index contributed by atoms with van der Waals surface area (Å²) in [5.41, 5.74) is 2.81. The summed E-state index contributed by atoms with van der Waals surface area (Å²) in [6.45, 7) is 4.29. The number of nitrogens with one attached hydrogen (secondary N) is 2. The van der Waals surface area contributed by atoms with Crippen molar-refractivity contribution in [2.45, 2.75) is 56.9 Å². The summed E-state index contributed by atoms with van der Waals surface area (Å²) in [5.74, 6) is 0.194. The molecular weight excluding hydrogens is 498 g/mol. The third-order valence-corrected chi connectivity index (χ3v) is 7.99. The molecule has 1 aliphatic carbocycles. The minimum Gasteiger partial charge on any atom is -0.467 e. The van der Waals surface area contributed by atoms with E-state index < -0.39 is 11.8 Å². The lowest BCUT2D eigenvalue weighted by atomic mass is 10.0. The number of nitrogens with zero attached hydrogens (tertiary/aromatic N) is 1. The summed E-state index contributed by atoms with van der Waals surface area (Å²) >= 11 is 1.21. The summed E-state index contributed by atoms with van der Waals surface area (Å²) in [5, 5.41) is 6.21. The van der Waals surface area contributed by atoms with Crippen LogP contribution in [0.3, 0.4) is 0 Å². The monoisotopic (exact) mass is 529 g/mol. The minimum atomic E-state index is -0.410. The molecule has 0 bridgehead atoms. The van der Waals surface area contributed by atoms with Crippen LogP contribution in [0.5, 0.6) is 0 Å². The number of hydrogen-bond donors (Lipinski definition) is 2. The van der Waals surface area contributed by atoms with Crippen LogP contribution >= 0.6 is 11.8 Å². The number of imide groups is 1. The number of hydrogen-bond acceptors (Lipinski definition) is 6. The smallest absolute Gasteiger partial charge is 0.278 e. The van der Waals surface area contributed by atoms with E-state index in [2.05, 4.69) is 24.5 Å². The predicted octanol–water partition coefficient (Wildman–Crippen LogP) is 6.52. The van der Waals surface area contributed by atoms with Crippen molar-refractivity contribution in [3.63, 3.8) is 0 Å². The summed E-state index contributed by atoms with van der Waals surface area (Å²) in [6, 6.07) is 18.7. The van der Waals surface area contributed by atoms with Gasteiger partial charge in [0.25, 0.3) is 11.8 Å². The zero-order valence-corrected chi connectivity index (χ0v) is 22.3. The quantitative estimate of drug-likeness (QED) is 0.307. The number of furan rings is 1. The molecule has 2 heterocycles. The van der Waals surface area contributed by atoms with Crippen LogP contribution < -0.4 is 10.6 Å². The molecule has 0 spiro atoms. The van der Waals surface area contributed by atoms with E-state index in [1.165, 1.54) is 28.5 Å². The molecule has 5 rings (SSSR count). The first-order valence-electron chi connectivity index (χ1n) is 13.0. The zero-order valence-electron chi connectivity index (χ0n) is 21.5. The van der Waals surface area contributed by atoms with Gasteiger partial charge in [-0.25, -0.2) is 0 Å². The van der Waals surface area contributed by atoms with Crippen LogP contribution in [0.15, 0.2) is 86.8 Å². The van der Waals surface area contributed by atoms with Crippen molar-refractivity contribution in [2.75, 3.05) is 10.6 Å². The van der Waals surface area contributed by atoms with E-state index in [1.807, 2.05) is 48.5 Å². The van der Waals surface area contributed by atoms with Crippen molar-refractivity contribution in [3.8, 4) is 0 Å². The molecule has 1 aromatic heterocycles. The maximum Gasteiger partial charge on any atom is 0.278 e. The molecule has 1 saturated carbocycles. The zero-order chi connectivity index (χ0) is 26.6. The van der Waals surface area contributed by atoms with Crippen LogP contribution in [-0.2, 0) is 20.9 Å². The van der Waals surface area contributed by atoms with Crippen molar-refractivity contribution < 1.29 is 18.8 Å². The van der Waals surface area contributed by atoms with Crippen molar-refractivity contribution in [1.82, 2.24) is 4.90 Å². The van der Waals surface area contributed by atoms with Crippen LogP contribution in [0.2, 0.25) is 0 Å². The number of thioether (sulfide) groups is 1. The van der Waals surface area contributed by atoms with Crippen LogP contribution in [0.1, 0.15) is 56.8 Å². The number of carbonyl (C=O) groups excluding carboxylic acids is 3. The molecule has 0 unspecified atom stereocenters. The highest BCUT2D eigenvalue weighted by Crippen LogP contribution is 2.37. The fraction of sp³-hybridized carbons (Fsp3) is 0.300. The maximum atomic E-state index is 13.5. The molecule has 38 heavy (non-hydrogen) atoms. The molecule has 0 radical (unpaired) electrons. The normalized spacial score (nSPS) is 16.1. The van der Waals surface area contributed by atoms with Crippen molar-refractivity contribution in [3.05, 3.63) is 88.9 Å². The van der Waals surface area contributed by atoms with Crippen LogP contribution in [0.4, 0.5) is 11.4 Å². The van der Waals surface area contributed by atoms with E-state index in [0.29, 0.717) is 22.3 Å². The lowest BCUT2D eigenvalue weighted by molar-refractivity contribution is -0.138. The first kappa shape index (κ1) is 25.9. The van der Waals surface area contributed by atoms with E-state index in [9.17, 15) is 14.4 Å². The molecule has 2 N–H and O–H groups in total. The van der Waals surface area contributed by atoms with Gasteiger partial charge in [0.2, 0.25) is 5.91 Å². The molecule has 3 aromatic rings. The van der Waals surface area contributed by atoms with Gasteiger partial charge in [-0.2, -0.15) is 0 Å². The van der Waals surface area contributed by atoms with Gasteiger partial charge in [-0.15, -0.1) is 0 Å². The molecule has 2 aromatic carbocycles. The molecular formula is C30H31N3O4S.